The van der Waals surface area contributed by atoms with Crippen molar-refractivity contribution < 1.29 is 19.1 Å². The zero-order chi connectivity index (χ0) is 21.7. The van der Waals surface area contributed by atoms with Gasteiger partial charge in [-0.1, -0.05) is 24.6 Å². The molecular formula is C24H28N2O4S. The van der Waals surface area contributed by atoms with Crippen molar-refractivity contribution in [1.82, 2.24) is 5.32 Å². The predicted molar refractivity (Wildman–Crippen MR) is 123 cm³/mol. The number of rotatable bonds is 7. The molecule has 1 aliphatic carbocycles. The van der Waals surface area contributed by atoms with E-state index >= 15 is 0 Å². The molecule has 2 aromatic carbocycles. The summed E-state index contributed by atoms with van der Waals surface area (Å²) in [5, 5.41) is 5.80. The maximum atomic E-state index is 13.0. The minimum Gasteiger partial charge on any atom is -0.448 e. The van der Waals surface area contributed by atoms with Crippen LogP contribution in [0.1, 0.15) is 48.9 Å². The zero-order valence-electron chi connectivity index (χ0n) is 17.7. The van der Waals surface area contributed by atoms with Gasteiger partial charge in [0.15, 0.2) is 11.5 Å². The van der Waals surface area contributed by atoms with Gasteiger partial charge < -0.3 is 20.1 Å². The van der Waals surface area contributed by atoms with E-state index in [1.54, 1.807) is 42.1 Å². The van der Waals surface area contributed by atoms with Gasteiger partial charge >= 0.3 is 0 Å². The summed E-state index contributed by atoms with van der Waals surface area (Å²) in [6.07, 6.45) is 7.67. The van der Waals surface area contributed by atoms with Gasteiger partial charge in [0.25, 0.3) is 11.7 Å². The molecule has 0 unspecified atom stereocenters. The normalized spacial score (nSPS) is 17.2. The van der Waals surface area contributed by atoms with Crippen molar-refractivity contribution in [1.29, 1.82) is 0 Å². The van der Waals surface area contributed by atoms with Crippen LogP contribution in [0.4, 0.5) is 5.69 Å². The lowest BCUT2D eigenvalue weighted by molar-refractivity contribution is -0.118. The number of nitrogens with one attached hydrogen (secondary N) is 2. The molecule has 1 saturated carbocycles. The van der Waals surface area contributed by atoms with Crippen LogP contribution in [-0.2, 0) is 4.79 Å². The average molecular weight is 441 g/mol. The fourth-order valence-corrected chi connectivity index (χ4v) is 4.50. The maximum absolute atomic E-state index is 13.0. The fraction of sp³-hybridized carbons (Fsp3) is 0.417. The fourth-order valence-electron chi connectivity index (χ4n) is 4.03. The standard InChI is InChI=1S/C24H28N2O4S/c1-31-15-12-19(26-22(27)17-8-4-2-5-9-17)23(28)25-18-10-11-20-21(16-18)30-24(29-20)13-6-3-7-14-24/h2,4-5,8-11,16,19H,3,6-7,12-15H2,1H3,(H,25,28)(H,26,27)/t19-/m1/s1. The highest BCUT2D eigenvalue weighted by atomic mass is 32.2. The van der Waals surface area contributed by atoms with E-state index in [1.165, 1.54) is 6.42 Å². The van der Waals surface area contributed by atoms with E-state index in [0.29, 0.717) is 23.4 Å². The molecular weight excluding hydrogens is 412 g/mol. The van der Waals surface area contributed by atoms with Crippen molar-refractivity contribution in [3.8, 4) is 11.5 Å². The Morgan fingerprint density at radius 1 is 1.03 bits per heavy atom. The Kier molecular flexibility index (Phi) is 6.70. The van der Waals surface area contributed by atoms with Gasteiger partial charge in [0.05, 0.1) is 0 Å². The predicted octanol–water partition coefficient (Wildman–Crippen LogP) is 4.61. The Balaban J connectivity index is 1.43. The lowest BCUT2D eigenvalue weighted by atomic mass is 9.94. The van der Waals surface area contributed by atoms with Crippen LogP contribution < -0.4 is 20.1 Å². The van der Waals surface area contributed by atoms with Gasteiger partial charge in [-0.05, 0) is 55.5 Å². The maximum Gasteiger partial charge on any atom is 0.251 e. The van der Waals surface area contributed by atoms with E-state index in [1.807, 2.05) is 24.5 Å². The number of hydrogen-bond donors (Lipinski definition) is 2. The summed E-state index contributed by atoms with van der Waals surface area (Å²) < 4.78 is 12.3. The molecule has 1 aliphatic heterocycles. The van der Waals surface area contributed by atoms with Crippen molar-refractivity contribution >= 4 is 29.3 Å². The second kappa shape index (κ2) is 9.64. The van der Waals surface area contributed by atoms with Crippen LogP contribution in [0.3, 0.4) is 0 Å². The Bertz CT molecular complexity index is 928. The first-order valence-corrected chi connectivity index (χ1v) is 12.2. The first-order valence-electron chi connectivity index (χ1n) is 10.8. The summed E-state index contributed by atoms with van der Waals surface area (Å²) in [5.74, 6) is 1.09. The van der Waals surface area contributed by atoms with Crippen molar-refractivity contribution in [3.63, 3.8) is 0 Å². The Hall–Kier alpha value is -2.67. The van der Waals surface area contributed by atoms with E-state index in [2.05, 4.69) is 10.6 Å². The summed E-state index contributed by atoms with van der Waals surface area (Å²) in [7, 11) is 0. The molecule has 31 heavy (non-hydrogen) atoms. The second-order valence-electron chi connectivity index (χ2n) is 8.00. The molecule has 0 bridgehead atoms. The average Bonchev–Trinajstić information content (AvgIpc) is 3.13. The number of fused-ring (bicyclic) bond motifs is 1. The number of amides is 2. The summed E-state index contributed by atoms with van der Waals surface area (Å²) in [6.45, 7) is 0. The third kappa shape index (κ3) is 5.15. The molecule has 6 nitrogen and oxygen atoms in total. The summed E-state index contributed by atoms with van der Waals surface area (Å²) in [4.78, 5) is 25.5. The summed E-state index contributed by atoms with van der Waals surface area (Å²) in [6, 6.07) is 13.8. The number of anilines is 1. The minimum atomic E-state index is -0.629. The molecule has 2 aromatic rings. The number of benzene rings is 2. The molecule has 4 rings (SSSR count). The van der Waals surface area contributed by atoms with E-state index in [4.69, 9.17) is 9.47 Å². The Morgan fingerprint density at radius 2 is 1.77 bits per heavy atom. The number of hydrogen-bond acceptors (Lipinski definition) is 5. The molecule has 1 heterocycles. The third-order valence-corrected chi connectivity index (χ3v) is 6.33. The van der Waals surface area contributed by atoms with Gasteiger partial charge in [0.2, 0.25) is 5.91 Å². The highest BCUT2D eigenvalue weighted by Crippen LogP contribution is 2.46. The largest absolute Gasteiger partial charge is 0.448 e. The summed E-state index contributed by atoms with van der Waals surface area (Å²) in [5.41, 5.74) is 1.16. The molecule has 1 fully saturated rings. The van der Waals surface area contributed by atoms with Crippen molar-refractivity contribution in [2.24, 2.45) is 0 Å². The highest BCUT2D eigenvalue weighted by Gasteiger charge is 2.42. The summed E-state index contributed by atoms with van der Waals surface area (Å²) >= 11 is 1.64. The van der Waals surface area contributed by atoms with Gasteiger partial charge in [0, 0.05) is 30.2 Å². The van der Waals surface area contributed by atoms with Gasteiger partial charge in [0.1, 0.15) is 6.04 Å². The van der Waals surface area contributed by atoms with Crippen molar-refractivity contribution in [2.45, 2.75) is 50.4 Å². The molecule has 2 amide bonds. The van der Waals surface area contributed by atoms with E-state index in [-0.39, 0.29) is 11.8 Å². The SMILES string of the molecule is CSCC[C@@H](NC(=O)c1ccccc1)C(=O)Nc1ccc2c(c1)OC1(CCCCC1)O2. The zero-order valence-corrected chi connectivity index (χ0v) is 18.5. The molecule has 2 N–H and O–H groups in total. The van der Waals surface area contributed by atoms with Gasteiger partial charge in [-0.15, -0.1) is 0 Å². The molecule has 2 aliphatic rings. The van der Waals surface area contributed by atoms with Crippen LogP contribution >= 0.6 is 11.8 Å². The molecule has 0 aromatic heterocycles. The first kappa shape index (κ1) is 21.6. The van der Waals surface area contributed by atoms with E-state index in [9.17, 15) is 9.59 Å². The Labute approximate surface area is 187 Å². The monoisotopic (exact) mass is 440 g/mol. The molecule has 164 valence electrons. The number of ether oxygens (including phenoxy) is 2. The number of carbonyl (C=O) groups is 2. The first-order chi connectivity index (χ1) is 15.1. The van der Waals surface area contributed by atoms with Crippen LogP contribution in [0.2, 0.25) is 0 Å². The lowest BCUT2D eigenvalue weighted by Gasteiger charge is -2.31. The van der Waals surface area contributed by atoms with Crippen molar-refractivity contribution in [3.05, 3.63) is 54.1 Å². The van der Waals surface area contributed by atoms with E-state index < -0.39 is 11.8 Å². The van der Waals surface area contributed by atoms with Crippen LogP contribution in [0.15, 0.2) is 48.5 Å². The smallest absolute Gasteiger partial charge is 0.251 e. The quantitative estimate of drug-likeness (QED) is 0.658. The van der Waals surface area contributed by atoms with Crippen LogP contribution in [0, 0.1) is 0 Å². The molecule has 1 atom stereocenters. The van der Waals surface area contributed by atoms with Crippen LogP contribution in [-0.4, -0.2) is 35.7 Å². The van der Waals surface area contributed by atoms with Gasteiger partial charge in [-0.3, -0.25) is 9.59 Å². The minimum absolute atomic E-state index is 0.246. The molecule has 1 spiro atoms. The van der Waals surface area contributed by atoms with Crippen LogP contribution in [0.5, 0.6) is 11.5 Å². The topological polar surface area (TPSA) is 76.7 Å². The number of thioether (sulfide) groups is 1. The lowest BCUT2D eigenvalue weighted by Crippen LogP contribution is -2.44. The second-order valence-corrected chi connectivity index (χ2v) is 8.99. The van der Waals surface area contributed by atoms with Crippen LogP contribution in [0.25, 0.3) is 0 Å². The molecule has 7 heteroatoms. The molecule has 0 radical (unpaired) electrons. The van der Waals surface area contributed by atoms with E-state index in [0.717, 1.165) is 37.2 Å². The van der Waals surface area contributed by atoms with Crippen molar-refractivity contribution in [2.75, 3.05) is 17.3 Å². The Morgan fingerprint density at radius 3 is 2.52 bits per heavy atom. The van der Waals surface area contributed by atoms with Gasteiger partial charge in [-0.25, -0.2) is 0 Å². The number of carbonyl (C=O) groups excluding carboxylic acids is 2. The third-order valence-electron chi connectivity index (χ3n) is 5.69. The van der Waals surface area contributed by atoms with Gasteiger partial charge in [-0.2, -0.15) is 11.8 Å². The molecule has 0 saturated heterocycles. The highest BCUT2D eigenvalue weighted by molar-refractivity contribution is 7.98.